The molecule has 1 saturated heterocycles. The van der Waals surface area contributed by atoms with Gasteiger partial charge in [-0.3, -0.25) is 9.59 Å². The Morgan fingerprint density at radius 2 is 1.85 bits per heavy atom. The topological polar surface area (TPSA) is 72.9 Å². The van der Waals surface area contributed by atoms with Gasteiger partial charge in [-0.05, 0) is 11.5 Å². The molecule has 1 aliphatic rings. The van der Waals surface area contributed by atoms with Gasteiger partial charge in [-0.1, -0.05) is 55.8 Å². The Hall–Kier alpha value is -2.08. The number of benzene rings is 1. The molecule has 1 aromatic rings. The van der Waals surface area contributed by atoms with Crippen molar-refractivity contribution in [1.82, 2.24) is 4.90 Å². The van der Waals surface area contributed by atoms with Gasteiger partial charge in [0.15, 0.2) is 0 Å². The summed E-state index contributed by atoms with van der Waals surface area (Å²) >= 11 is 6.22. The summed E-state index contributed by atoms with van der Waals surface area (Å²) in [6.07, 6.45) is 0.434. The van der Waals surface area contributed by atoms with Gasteiger partial charge in [0, 0.05) is 19.4 Å². The number of amides is 1. The maximum Gasteiger partial charge on any atom is 0.344 e. The quantitative estimate of drug-likeness (QED) is 0.299. The highest BCUT2D eigenvalue weighted by atomic mass is 35.5. The maximum atomic E-state index is 12.5. The highest BCUT2D eigenvalue weighted by Crippen LogP contribution is 2.37. The lowest BCUT2D eigenvalue weighted by Crippen LogP contribution is -2.66. The van der Waals surface area contributed by atoms with E-state index in [1.54, 1.807) is 0 Å². The SMILES string of the molecule is CC(=O)OCCC1C(C(C)C)C(=O)N1C(Cl)C(=O)OCc1ccccc1. The van der Waals surface area contributed by atoms with Gasteiger partial charge >= 0.3 is 11.9 Å². The van der Waals surface area contributed by atoms with Gasteiger partial charge in [0.2, 0.25) is 11.4 Å². The van der Waals surface area contributed by atoms with Crippen LogP contribution >= 0.6 is 11.6 Å². The Bertz CT molecular complexity index is 649. The highest BCUT2D eigenvalue weighted by Gasteiger charge is 2.52. The number of carbonyl (C=O) groups is 3. The molecule has 6 nitrogen and oxygen atoms in total. The lowest BCUT2D eigenvalue weighted by Gasteiger charge is -2.50. The first-order chi connectivity index (χ1) is 12.3. The maximum absolute atomic E-state index is 12.5. The Labute approximate surface area is 158 Å². The monoisotopic (exact) mass is 381 g/mol. The molecule has 1 aliphatic heterocycles. The second kappa shape index (κ2) is 9.03. The normalized spacial score (nSPS) is 20.5. The van der Waals surface area contributed by atoms with Crippen LogP contribution in [0.4, 0.5) is 0 Å². The Morgan fingerprint density at radius 1 is 1.19 bits per heavy atom. The molecule has 3 unspecified atom stereocenters. The minimum absolute atomic E-state index is 0.0939. The van der Waals surface area contributed by atoms with Crippen molar-refractivity contribution in [1.29, 1.82) is 0 Å². The van der Waals surface area contributed by atoms with E-state index in [9.17, 15) is 14.4 Å². The van der Waals surface area contributed by atoms with Crippen molar-refractivity contribution >= 4 is 29.4 Å². The zero-order chi connectivity index (χ0) is 19.3. The van der Waals surface area contributed by atoms with Crippen molar-refractivity contribution in [2.75, 3.05) is 6.61 Å². The molecular weight excluding hydrogens is 358 g/mol. The third-order valence-electron chi connectivity index (χ3n) is 4.41. The van der Waals surface area contributed by atoms with Crippen LogP contribution in [0.1, 0.15) is 32.8 Å². The summed E-state index contributed by atoms with van der Waals surface area (Å²) in [7, 11) is 0. The average Bonchev–Trinajstić information content (AvgIpc) is 2.59. The van der Waals surface area contributed by atoms with Gasteiger partial charge in [0.05, 0.1) is 12.5 Å². The van der Waals surface area contributed by atoms with Crippen molar-refractivity contribution in [3.8, 4) is 0 Å². The van der Waals surface area contributed by atoms with Crippen LogP contribution in [0, 0.1) is 11.8 Å². The third kappa shape index (κ3) is 4.75. The van der Waals surface area contributed by atoms with Crippen LogP contribution < -0.4 is 0 Å². The van der Waals surface area contributed by atoms with E-state index >= 15 is 0 Å². The average molecular weight is 382 g/mol. The van der Waals surface area contributed by atoms with Crippen LogP contribution in [0.15, 0.2) is 30.3 Å². The van der Waals surface area contributed by atoms with E-state index in [0.717, 1.165) is 5.56 Å². The van der Waals surface area contributed by atoms with Gasteiger partial charge in [-0.15, -0.1) is 0 Å². The number of rotatable bonds is 8. The molecular formula is C19H24ClNO5. The second-order valence-corrected chi connectivity index (χ2v) is 7.05. The lowest BCUT2D eigenvalue weighted by atomic mass is 9.77. The number of nitrogens with zero attached hydrogens (tertiary/aromatic N) is 1. The second-order valence-electron chi connectivity index (χ2n) is 6.64. The summed E-state index contributed by atoms with van der Waals surface area (Å²) in [5.74, 6) is -1.36. The number of ether oxygens (including phenoxy) is 2. The van der Waals surface area contributed by atoms with Gasteiger partial charge in [0.1, 0.15) is 6.61 Å². The van der Waals surface area contributed by atoms with Crippen LogP contribution in [-0.4, -0.2) is 40.9 Å². The molecule has 142 valence electrons. The molecule has 1 aromatic carbocycles. The molecule has 1 heterocycles. The molecule has 0 radical (unpaired) electrons. The fourth-order valence-corrected chi connectivity index (χ4v) is 3.46. The van der Waals surface area contributed by atoms with E-state index in [0.29, 0.717) is 6.42 Å². The number of carbonyl (C=O) groups excluding carboxylic acids is 3. The van der Waals surface area contributed by atoms with E-state index in [1.165, 1.54) is 11.8 Å². The number of β-lactam (4-membered cyclic amide) rings is 1. The smallest absolute Gasteiger partial charge is 0.344 e. The predicted molar refractivity (Wildman–Crippen MR) is 96.1 cm³/mol. The Kier molecular flexibility index (Phi) is 7.03. The zero-order valence-electron chi connectivity index (χ0n) is 15.2. The molecule has 0 spiro atoms. The first-order valence-corrected chi connectivity index (χ1v) is 9.06. The fourth-order valence-electron chi connectivity index (χ4n) is 3.15. The van der Waals surface area contributed by atoms with Crippen LogP contribution in [0.3, 0.4) is 0 Å². The van der Waals surface area contributed by atoms with Crippen molar-refractivity contribution in [2.24, 2.45) is 11.8 Å². The van der Waals surface area contributed by atoms with E-state index in [4.69, 9.17) is 21.1 Å². The molecule has 7 heteroatoms. The Balaban J connectivity index is 1.97. The van der Waals surface area contributed by atoms with Crippen LogP contribution in [-0.2, 0) is 30.5 Å². The summed E-state index contributed by atoms with van der Waals surface area (Å²) in [5.41, 5.74) is -0.352. The fraction of sp³-hybridized carbons (Fsp3) is 0.526. The number of esters is 2. The standard InChI is InChI=1S/C19H24ClNO5/c1-12(2)16-15(9-10-25-13(3)22)21(18(16)23)17(20)19(24)26-11-14-7-5-4-6-8-14/h4-8,12,15-17H,9-11H2,1-3H3. The molecule has 3 atom stereocenters. The van der Waals surface area contributed by atoms with Crippen LogP contribution in [0.2, 0.25) is 0 Å². The molecule has 1 amide bonds. The molecule has 0 aliphatic carbocycles. The number of likely N-dealkylation sites (tertiary alicyclic amines) is 1. The van der Waals surface area contributed by atoms with Crippen molar-refractivity contribution < 1.29 is 23.9 Å². The van der Waals surface area contributed by atoms with E-state index in [-0.39, 0.29) is 43.0 Å². The van der Waals surface area contributed by atoms with E-state index in [2.05, 4.69) is 0 Å². The molecule has 1 fully saturated rings. The zero-order valence-corrected chi connectivity index (χ0v) is 15.9. The summed E-state index contributed by atoms with van der Waals surface area (Å²) in [4.78, 5) is 37.0. The largest absolute Gasteiger partial charge is 0.466 e. The minimum Gasteiger partial charge on any atom is -0.466 e. The van der Waals surface area contributed by atoms with Crippen molar-refractivity contribution in [3.05, 3.63) is 35.9 Å². The molecule has 0 N–H and O–H groups in total. The number of hydrogen-bond acceptors (Lipinski definition) is 5. The summed E-state index contributed by atoms with van der Waals surface area (Å²) < 4.78 is 10.2. The van der Waals surface area contributed by atoms with Gasteiger partial charge in [-0.25, -0.2) is 4.79 Å². The summed E-state index contributed by atoms with van der Waals surface area (Å²) in [6, 6.07) is 8.98. The lowest BCUT2D eigenvalue weighted by molar-refractivity contribution is -0.172. The Morgan fingerprint density at radius 3 is 2.42 bits per heavy atom. The minimum atomic E-state index is -1.19. The number of alkyl halides is 1. The van der Waals surface area contributed by atoms with Gasteiger partial charge in [0.25, 0.3) is 0 Å². The molecule has 2 rings (SSSR count). The first kappa shape index (κ1) is 20.2. The molecule has 26 heavy (non-hydrogen) atoms. The summed E-state index contributed by atoms with van der Waals surface area (Å²) in [6.45, 7) is 5.48. The molecule has 0 aromatic heterocycles. The van der Waals surface area contributed by atoms with Gasteiger partial charge < -0.3 is 14.4 Å². The van der Waals surface area contributed by atoms with E-state index in [1.807, 2.05) is 44.2 Å². The molecule has 0 saturated carbocycles. The number of hydrogen-bond donors (Lipinski definition) is 0. The van der Waals surface area contributed by atoms with Crippen molar-refractivity contribution in [2.45, 2.75) is 45.3 Å². The van der Waals surface area contributed by atoms with Gasteiger partial charge in [-0.2, -0.15) is 0 Å². The third-order valence-corrected chi connectivity index (χ3v) is 4.80. The molecule has 0 bridgehead atoms. The first-order valence-electron chi connectivity index (χ1n) is 8.63. The highest BCUT2D eigenvalue weighted by molar-refractivity contribution is 6.30. The number of halogens is 1. The van der Waals surface area contributed by atoms with Crippen molar-refractivity contribution in [3.63, 3.8) is 0 Å². The van der Waals surface area contributed by atoms with Crippen LogP contribution in [0.25, 0.3) is 0 Å². The van der Waals surface area contributed by atoms with Crippen LogP contribution in [0.5, 0.6) is 0 Å². The van der Waals surface area contributed by atoms with E-state index < -0.39 is 11.5 Å². The summed E-state index contributed by atoms with van der Waals surface area (Å²) in [5, 5.41) is 0. The predicted octanol–water partition coefficient (Wildman–Crippen LogP) is 2.73.